The van der Waals surface area contributed by atoms with E-state index in [-0.39, 0.29) is 36.4 Å². The largest absolute Gasteiger partial charge is 0.494 e. The van der Waals surface area contributed by atoms with Gasteiger partial charge in [0.05, 0.1) is 31.8 Å². The molecule has 0 spiro atoms. The highest BCUT2D eigenvalue weighted by Gasteiger charge is 2.55. The van der Waals surface area contributed by atoms with Gasteiger partial charge in [-0.05, 0) is 95.2 Å². The van der Waals surface area contributed by atoms with Crippen molar-refractivity contribution in [2.75, 3.05) is 26.4 Å². The highest BCUT2D eigenvalue weighted by Crippen LogP contribution is 2.64. The molecule has 306 valence electrons. The first-order chi connectivity index (χ1) is 28.3. The third-order valence-corrected chi connectivity index (χ3v) is 14.5. The lowest BCUT2D eigenvalue weighted by molar-refractivity contribution is 0.321. The van der Waals surface area contributed by atoms with Crippen molar-refractivity contribution in [2.45, 2.75) is 128 Å². The first kappa shape index (κ1) is 40.7. The zero-order valence-electron chi connectivity index (χ0n) is 37.0. The number of allylic oxidation sites excluding steroid dienone is 4. The zero-order chi connectivity index (χ0) is 41.2. The molecule has 9 rings (SSSR count). The highest BCUT2D eigenvalue weighted by molar-refractivity contribution is 6.62. The fourth-order valence-corrected chi connectivity index (χ4v) is 11.2. The number of hydrogen-bond acceptors (Lipinski definition) is 4. The summed E-state index contributed by atoms with van der Waals surface area (Å²) in [4.78, 5) is 0. The molecule has 5 aliphatic rings. The molecule has 0 N–H and O–H groups in total. The summed E-state index contributed by atoms with van der Waals surface area (Å²) in [6.07, 6.45) is 14.4. The SMILES string of the molecule is CCCCCCCCC1(C)c2cc(B3OCCO3)ccc2C2C=C3C(=CC21)c1ccc(B2OCCO2)cc1C3(c1ccc(C(C)(C)C)cc1)c1ccc(C(C)(C)C)cc1. The summed E-state index contributed by atoms with van der Waals surface area (Å²) >= 11 is 0. The Morgan fingerprint density at radius 2 is 1.10 bits per heavy atom. The third-order valence-electron chi connectivity index (χ3n) is 14.5. The fourth-order valence-electron chi connectivity index (χ4n) is 11.2. The maximum absolute atomic E-state index is 6.18. The molecule has 0 bridgehead atoms. The highest BCUT2D eigenvalue weighted by atomic mass is 16.6. The van der Waals surface area contributed by atoms with Crippen molar-refractivity contribution in [1.82, 2.24) is 0 Å². The molecule has 2 saturated heterocycles. The van der Waals surface area contributed by atoms with E-state index in [2.05, 4.69) is 152 Å². The van der Waals surface area contributed by atoms with Gasteiger partial charge in [-0.25, -0.2) is 0 Å². The van der Waals surface area contributed by atoms with Crippen LogP contribution >= 0.6 is 0 Å². The van der Waals surface area contributed by atoms with Gasteiger partial charge in [0.1, 0.15) is 0 Å². The molecule has 4 aromatic carbocycles. The number of benzene rings is 4. The van der Waals surface area contributed by atoms with Crippen LogP contribution in [0, 0.1) is 5.92 Å². The van der Waals surface area contributed by atoms with Crippen LogP contribution in [0.3, 0.4) is 0 Å². The lowest BCUT2D eigenvalue weighted by Crippen LogP contribution is -2.35. The maximum Gasteiger partial charge on any atom is 0.494 e. The van der Waals surface area contributed by atoms with Crippen molar-refractivity contribution in [3.05, 3.63) is 147 Å². The van der Waals surface area contributed by atoms with Crippen LogP contribution in [0.25, 0.3) is 5.57 Å². The van der Waals surface area contributed by atoms with Crippen molar-refractivity contribution < 1.29 is 18.6 Å². The Labute approximate surface area is 355 Å². The predicted molar refractivity (Wildman–Crippen MR) is 245 cm³/mol. The van der Waals surface area contributed by atoms with Gasteiger partial charge < -0.3 is 18.6 Å². The number of fused-ring (bicyclic) bond motifs is 6. The Kier molecular flexibility index (Phi) is 10.8. The molecule has 0 radical (unpaired) electrons. The number of unbranched alkanes of at least 4 members (excludes halogenated alkanes) is 5. The van der Waals surface area contributed by atoms with E-state index < -0.39 is 5.41 Å². The molecular weight excluding hydrogens is 722 g/mol. The molecule has 2 aliphatic heterocycles. The molecular formula is C53H64B2O4. The van der Waals surface area contributed by atoms with Gasteiger partial charge in [-0.15, -0.1) is 0 Å². The van der Waals surface area contributed by atoms with Crippen LogP contribution in [0.2, 0.25) is 0 Å². The Balaban J connectivity index is 1.26. The van der Waals surface area contributed by atoms with Crippen LogP contribution in [0.15, 0.2) is 103 Å². The molecule has 6 heteroatoms. The standard InChI is InChI=1S/C53H64B2O4/c1-9-10-11-12-13-14-27-52(8)46-32-40(54-56-28-29-57-54)23-25-42(46)44-35-49-45(34-47(44)52)43-26-24-41(55-58-30-31-59-55)33-48(43)53(49,38-19-15-36(16-20-38)50(2,3)4)39-21-17-37(18-22-39)51(5,6)7/h15-26,32-35,44,47H,9-14,27-31H2,1-8H3. The topological polar surface area (TPSA) is 36.9 Å². The Hall–Kier alpha value is -3.67. The number of hydrogen-bond donors (Lipinski definition) is 0. The van der Waals surface area contributed by atoms with Crippen LogP contribution in [0.5, 0.6) is 0 Å². The van der Waals surface area contributed by atoms with E-state index in [1.165, 1.54) is 94.2 Å². The van der Waals surface area contributed by atoms with Crippen molar-refractivity contribution in [3.8, 4) is 0 Å². The van der Waals surface area contributed by atoms with E-state index in [1.807, 2.05) is 0 Å². The van der Waals surface area contributed by atoms with E-state index in [0.717, 1.165) is 17.3 Å². The predicted octanol–water partition coefficient (Wildman–Crippen LogP) is 10.9. The van der Waals surface area contributed by atoms with Crippen LogP contribution in [-0.2, 0) is 40.3 Å². The summed E-state index contributed by atoms with van der Waals surface area (Å²) in [5.41, 5.74) is 15.4. The monoisotopic (exact) mass is 786 g/mol. The molecule has 4 nitrogen and oxygen atoms in total. The van der Waals surface area contributed by atoms with Gasteiger partial charge in [0.25, 0.3) is 0 Å². The molecule has 0 amide bonds. The van der Waals surface area contributed by atoms with Gasteiger partial charge in [-0.2, -0.15) is 0 Å². The Morgan fingerprint density at radius 1 is 0.593 bits per heavy atom. The minimum Gasteiger partial charge on any atom is -0.405 e. The summed E-state index contributed by atoms with van der Waals surface area (Å²) in [6, 6.07) is 33.4. The second-order valence-corrected chi connectivity index (χ2v) is 20.4. The lowest BCUT2D eigenvalue weighted by atomic mass is 9.62. The van der Waals surface area contributed by atoms with Gasteiger partial charge in [0, 0.05) is 5.92 Å². The molecule has 59 heavy (non-hydrogen) atoms. The average molecular weight is 787 g/mol. The van der Waals surface area contributed by atoms with E-state index in [0.29, 0.717) is 32.3 Å². The third kappa shape index (κ3) is 7.04. The average Bonchev–Trinajstić information content (AvgIpc) is 4.05. The van der Waals surface area contributed by atoms with Gasteiger partial charge in [-0.3, -0.25) is 0 Å². The second kappa shape index (κ2) is 15.7. The summed E-state index contributed by atoms with van der Waals surface area (Å²) in [5.74, 6) is 0.564. The second-order valence-electron chi connectivity index (χ2n) is 20.4. The van der Waals surface area contributed by atoms with Gasteiger partial charge in [-0.1, -0.05) is 191 Å². The van der Waals surface area contributed by atoms with E-state index in [4.69, 9.17) is 18.6 Å². The van der Waals surface area contributed by atoms with Crippen LogP contribution < -0.4 is 10.9 Å². The Morgan fingerprint density at radius 3 is 1.64 bits per heavy atom. The first-order valence-corrected chi connectivity index (χ1v) is 22.8. The minimum atomic E-state index is -0.544. The van der Waals surface area contributed by atoms with Crippen molar-refractivity contribution >= 4 is 30.7 Å². The Bertz CT molecular complexity index is 2170. The zero-order valence-corrected chi connectivity index (χ0v) is 37.0. The van der Waals surface area contributed by atoms with E-state index in [9.17, 15) is 0 Å². The van der Waals surface area contributed by atoms with Crippen LogP contribution in [-0.4, -0.2) is 40.7 Å². The fraction of sp³-hybridized carbons (Fsp3) is 0.472. The summed E-state index contributed by atoms with van der Waals surface area (Å²) in [7, 11) is -0.644. The molecule has 0 saturated carbocycles. The molecule has 0 aromatic heterocycles. The molecule has 2 fully saturated rings. The lowest BCUT2D eigenvalue weighted by Gasteiger charge is -2.39. The van der Waals surface area contributed by atoms with E-state index >= 15 is 0 Å². The van der Waals surface area contributed by atoms with Crippen LogP contribution in [0.1, 0.15) is 151 Å². The first-order valence-electron chi connectivity index (χ1n) is 22.8. The molecule has 3 aliphatic carbocycles. The molecule has 3 unspecified atom stereocenters. The normalized spacial score (nSPS) is 23.2. The van der Waals surface area contributed by atoms with Crippen LogP contribution in [0.4, 0.5) is 0 Å². The maximum atomic E-state index is 6.18. The van der Waals surface area contributed by atoms with Crippen molar-refractivity contribution in [3.63, 3.8) is 0 Å². The molecule has 2 heterocycles. The quantitative estimate of drug-likeness (QED) is 0.112. The van der Waals surface area contributed by atoms with Gasteiger partial charge in [0.15, 0.2) is 0 Å². The summed E-state index contributed by atoms with van der Waals surface area (Å²) < 4.78 is 24.5. The smallest absolute Gasteiger partial charge is 0.405 e. The minimum absolute atomic E-state index is 0.0337. The molecule has 3 atom stereocenters. The van der Waals surface area contributed by atoms with Gasteiger partial charge in [0.2, 0.25) is 0 Å². The molecule has 4 aromatic rings. The van der Waals surface area contributed by atoms with Gasteiger partial charge >= 0.3 is 14.2 Å². The van der Waals surface area contributed by atoms with Crippen molar-refractivity contribution in [1.29, 1.82) is 0 Å². The summed E-state index contributed by atoms with van der Waals surface area (Å²) in [5, 5.41) is 0. The number of rotatable bonds is 11. The van der Waals surface area contributed by atoms with E-state index in [1.54, 1.807) is 0 Å². The summed E-state index contributed by atoms with van der Waals surface area (Å²) in [6.45, 7) is 21.3. The van der Waals surface area contributed by atoms with Crippen molar-refractivity contribution in [2.24, 2.45) is 5.92 Å².